The van der Waals surface area contributed by atoms with E-state index in [1.54, 1.807) is 0 Å². The van der Waals surface area contributed by atoms with Crippen molar-refractivity contribution in [3.63, 3.8) is 0 Å². The quantitative estimate of drug-likeness (QED) is 0.724. The first-order valence-electron chi connectivity index (χ1n) is 5.49. The lowest BCUT2D eigenvalue weighted by atomic mass is 10.0. The second kappa shape index (κ2) is 6.36. The lowest BCUT2D eigenvalue weighted by molar-refractivity contribution is -0.118. The number of nitrogens with two attached hydrogens (primary N) is 1. The van der Waals surface area contributed by atoms with E-state index in [0.29, 0.717) is 25.2 Å². The smallest absolute Gasteiger partial charge is 0.137 e. The third kappa shape index (κ3) is 4.75. The number of unbranched alkanes of at least 4 members (excludes halogenated alkanes) is 1. The predicted molar refractivity (Wildman–Crippen MR) is 62.8 cm³/mol. The Bertz CT molecular complexity index is 303. The summed E-state index contributed by atoms with van der Waals surface area (Å²) in [6.45, 7) is 2.73. The highest BCUT2D eigenvalue weighted by atomic mass is 16.1. The van der Waals surface area contributed by atoms with Crippen molar-refractivity contribution in [1.29, 1.82) is 0 Å². The fraction of sp³-hybridized carbons (Fsp3) is 0.462. The van der Waals surface area contributed by atoms with Gasteiger partial charge in [-0.1, -0.05) is 29.8 Å². The summed E-state index contributed by atoms with van der Waals surface area (Å²) >= 11 is 0. The average Bonchev–Trinajstić information content (AvgIpc) is 2.22. The molecule has 0 amide bonds. The zero-order chi connectivity index (χ0) is 11.1. The summed E-state index contributed by atoms with van der Waals surface area (Å²) in [5.74, 6) is 0.312. The van der Waals surface area contributed by atoms with Gasteiger partial charge in [-0.05, 0) is 31.9 Å². The average molecular weight is 205 g/mol. The molecule has 2 nitrogen and oxygen atoms in total. The van der Waals surface area contributed by atoms with Crippen LogP contribution in [0.2, 0.25) is 0 Å². The normalized spacial score (nSPS) is 10.3. The molecule has 0 radical (unpaired) electrons. The summed E-state index contributed by atoms with van der Waals surface area (Å²) in [5, 5.41) is 0. The zero-order valence-electron chi connectivity index (χ0n) is 9.33. The number of aryl methyl sites for hydroxylation is 1. The van der Waals surface area contributed by atoms with Gasteiger partial charge in [-0.2, -0.15) is 0 Å². The Kier molecular flexibility index (Phi) is 5.05. The summed E-state index contributed by atoms with van der Waals surface area (Å²) in [6, 6.07) is 8.14. The number of carbonyl (C=O) groups excluding carboxylic acids is 1. The number of hydrogen-bond donors (Lipinski definition) is 1. The van der Waals surface area contributed by atoms with Crippen molar-refractivity contribution in [3.05, 3.63) is 35.4 Å². The van der Waals surface area contributed by atoms with E-state index in [1.165, 1.54) is 5.56 Å². The molecule has 0 heterocycles. The minimum atomic E-state index is 0.312. The van der Waals surface area contributed by atoms with Crippen LogP contribution in [0.1, 0.15) is 30.4 Å². The van der Waals surface area contributed by atoms with Gasteiger partial charge < -0.3 is 5.73 Å². The molecule has 0 bridgehead atoms. The molecular formula is C13H19NO. The van der Waals surface area contributed by atoms with Crippen LogP contribution in [0.5, 0.6) is 0 Å². The van der Waals surface area contributed by atoms with E-state index in [4.69, 9.17) is 5.73 Å². The predicted octanol–water partition coefficient (Wildman–Crippen LogP) is 2.24. The molecular weight excluding hydrogens is 186 g/mol. The Morgan fingerprint density at radius 2 is 1.87 bits per heavy atom. The third-order valence-corrected chi connectivity index (χ3v) is 2.43. The first-order valence-corrected chi connectivity index (χ1v) is 5.49. The topological polar surface area (TPSA) is 43.1 Å². The molecule has 0 aliphatic heterocycles. The largest absolute Gasteiger partial charge is 0.330 e. The standard InChI is InChI=1S/C13H19NO/c1-11-5-7-12(8-6-11)10-13(15)4-2-3-9-14/h5-8H,2-4,9-10,14H2,1H3. The van der Waals surface area contributed by atoms with E-state index in [2.05, 4.69) is 0 Å². The van der Waals surface area contributed by atoms with Crippen LogP contribution in [0.3, 0.4) is 0 Å². The summed E-state index contributed by atoms with van der Waals surface area (Å²) in [6.07, 6.45) is 3.08. The molecule has 0 saturated heterocycles. The molecule has 0 spiro atoms. The lowest BCUT2D eigenvalue weighted by Crippen LogP contribution is -2.04. The van der Waals surface area contributed by atoms with E-state index >= 15 is 0 Å². The molecule has 0 aliphatic carbocycles. The van der Waals surface area contributed by atoms with E-state index in [0.717, 1.165) is 18.4 Å². The molecule has 1 aromatic carbocycles. The summed E-state index contributed by atoms with van der Waals surface area (Å²) in [7, 11) is 0. The van der Waals surface area contributed by atoms with Gasteiger partial charge in [-0.15, -0.1) is 0 Å². The monoisotopic (exact) mass is 205 g/mol. The highest BCUT2D eigenvalue weighted by molar-refractivity contribution is 5.80. The molecule has 2 N–H and O–H groups in total. The highest BCUT2D eigenvalue weighted by Gasteiger charge is 2.02. The molecule has 15 heavy (non-hydrogen) atoms. The van der Waals surface area contributed by atoms with Crippen LogP contribution in [0.25, 0.3) is 0 Å². The third-order valence-electron chi connectivity index (χ3n) is 2.43. The van der Waals surface area contributed by atoms with Crippen molar-refractivity contribution in [2.24, 2.45) is 5.73 Å². The molecule has 82 valence electrons. The van der Waals surface area contributed by atoms with Crippen LogP contribution in [0, 0.1) is 6.92 Å². The van der Waals surface area contributed by atoms with Gasteiger partial charge in [-0.25, -0.2) is 0 Å². The van der Waals surface area contributed by atoms with Gasteiger partial charge in [0.15, 0.2) is 0 Å². The minimum absolute atomic E-state index is 0.312. The molecule has 0 saturated carbocycles. The minimum Gasteiger partial charge on any atom is -0.330 e. The fourth-order valence-corrected chi connectivity index (χ4v) is 1.49. The maximum Gasteiger partial charge on any atom is 0.137 e. The molecule has 0 unspecified atom stereocenters. The summed E-state index contributed by atoms with van der Waals surface area (Å²) < 4.78 is 0. The molecule has 0 aliphatic rings. The van der Waals surface area contributed by atoms with Crippen molar-refractivity contribution in [3.8, 4) is 0 Å². The van der Waals surface area contributed by atoms with Crippen molar-refractivity contribution < 1.29 is 4.79 Å². The lowest BCUT2D eigenvalue weighted by Gasteiger charge is -2.01. The Morgan fingerprint density at radius 1 is 1.20 bits per heavy atom. The van der Waals surface area contributed by atoms with E-state index in [1.807, 2.05) is 31.2 Å². The number of ketones is 1. The Labute approximate surface area is 91.5 Å². The van der Waals surface area contributed by atoms with Crippen LogP contribution in [0.15, 0.2) is 24.3 Å². The highest BCUT2D eigenvalue weighted by Crippen LogP contribution is 2.06. The fourth-order valence-electron chi connectivity index (χ4n) is 1.49. The number of hydrogen-bond acceptors (Lipinski definition) is 2. The summed E-state index contributed by atoms with van der Waals surface area (Å²) in [5.41, 5.74) is 7.71. The van der Waals surface area contributed by atoms with Crippen LogP contribution in [-0.2, 0) is 11.2 Å². The maximum atomic E-state index is 11.5. The van der Waals surface area contributed by atoms with Gasteiger partial charge in [0.25, 0.3) is 0 Å². The number of Topliss-reactive ketones (excluding diaryl/α,β-unsaturated/α-hetero) is 1. The van der Waals surface area contributed by atoms with E-state index < -0.39 is 0 Å². The second-order valence-corrected chi connectivity index (χ2v) is 3.95. The van der Waals surface area contributed by atoms with E-state index in [9.17, 15) is 4.79 Å². The van der Waals surface area contributed by atoms with Crippen molar-refractivity contribution in [1.82, 2.24) is 0 Å². The van der Waals surface area contributed by atoms with Crippen molar-refractivity contribution in [2.45, 2.75) is 32.6 Å². The Balaban J connectivity index is 2.34. The molecule has 1 aromatic rings. The Hall–Kier alpha value is -1.15. The van der Waals surface area contributed by atoms with Gasteiger partial charge in [-0.3, -0.25) is 4.79 Å². The molecule has 0 aromatic heterocycles. The second-order valence-electron chi connectivity index (χ2n) is 3.95. The first-order chi connectivity index (χ1) is 7.22. The number of rotatable bonds is 6. The number of carbonyl (C=O) groups is 1. The van der Waals surface area contributed by atoms with Gasteiger partial charge >= 0.3 is 0 Å². The number of benzene rings is 1. The van der Waals surface area contributed by atoms with Crippen LogP contribution in [0.4, 0.5) is 0 Å². The zero-order valence-corrected chi connectivity index (χ0v) is 9.33. The van der Waals surface area contributed by atoms with Crippen LogP contribution in [-0.4, -0.2) is 12.3 Å². The van der Waals surface area contributed by atoms with Crippen molar-refractivity contribution >= 4 is 5.78 Å². The molecule has 1 rings (SSSR count). The van der Waals surface area contributed by atoms with Crippen LogP contribution < -0.4 is 5.73 Å². The van der Waals surface area contributed by atoms with Gasteiger partial charge in [0.05, 0.1) is 0 Å². The van der Waals surface area contributed by atoms with Crippen molar-refractivity contribution in [2.75, 3.05) is 6.54 Å². The first kappa shape index (κ1) is 11.9. The van der Waals surface area contributed by atoms with Gasteiger partial charge in [0, 0.05) is 12.8 Å². The van der Waals surface area contributed by atoms with Gasteiger partial charge in [0.2, 0.25) is 0 Å². The summed E-state index contributed by atoms with van der Waals surface area (Å²) in [4.78, 5) is 11.5. The van der Waals surface area contributed by atoms with E-state index in [-0.39, 0.29) is 0 Å². The Morgan fingerprint density at radius 3 is 2.47 bits per heavy atom. The van der Waals surface area contributed by atoms with Gasteiger partial charge in [0.1, 0.15) is 5.78 Å². The molecule has 0 atom stereocenters. The van der Waals surface area contributed by atoms with Crippen LogP contribution >= 0.6 is 0 Å². The maximum absolute atomic E-state index is 11.5. The molecule has 0 fully saturated rings. The SMILES string of the molecule is Cc1ccc(CC(=O)CCCCN)cc1. The molecule has 2 heteroatoms.